The molecule has 1 aliphatic heterocycles. The van der Waals surface area contributed by atoms with Crippen molar-refractivity contribution in [2.75, 3.05) is 6.61 Å². The minimum Gasteiger partial charge on any atom is -0.493 e. The highest BCUT2D eigenvalue weighted by Crippen LogP contribution is 2.32. The average molecular weight is 189 g/mol. The molecule has 2 heteroatoms. The van der Waals surface area contributed by atoms with E-state index in [9.17, 15) is 0 Å². The summed E-state index contributed by atoms with van der Waals surface area (Å²) in [4.78, 5) is 0. The quantitative estimate of drug-likeness (QED) is 0.724. The molecule has 0 unspecified atom stereocenters. The molecule has 1 atom stereocenters. The van der Waals surface area contributed by atoms with Crippen LogP contribution in [-0.4, -0.2) is 6.61 Å². The Morgan fingerprint density at radius 1 is 1.50 bits per heavy atom. The molecule has 1 aromatic rings. The number of hydrogen-bond acceptors (Lipinski definition) is 2. The largest absolute Gasteiger partial charge is 0.493 e. The summed E-state index contributed by atoms with van der Waals surface area (Å²) >= 11 is 0. The Morgan fingerprint density at radius 3 is 3.14 bits per heavy atom. The standard InChI is InChI=1S/C12H15NO/c1-2-11(13)10-7-3-5-9-6-4-8-14-12(9)10/h2-3,5,7,11H,1,4,6,8,13H2/t11-/m1/s1. The van der Waals surface area contributed by atoms with Crippen molar-refractivity contribution >= 4 is 0 Å². The SMILES string of the molecule is C=C[C@@H](N)c1cccc2c1OCCC2. The summed E-state index contributed by atoms with van der Waals surface area (Å²) in [6.45, 7) is 4.50. The van der Waals surface area contributed by atoms with Crippen LogP contribution in [0.2, 0.25) is 0 Å². The van der Waals surface area contributed by atoms with Gasteiger partial charge in [0.2, 0.25) is 0 Å². The summed E-state index contributed by atoms with van der Waals surface area (Å²) in [7, 11) is 0. The van der Waals surface area contributed by atoms with Crippen LogP contribution >= 0.6 is 0 Å². The third-order valence-electron chi connectivity index (χ3n) is 2.58. The minimum atomic E-state index is -0.122. The molecule has 0 fully saturated rings. The molecule has 74 valence electrons. The highest BCUT2D eigenvalue weighted by molar-refractivity contribution is 5.45. The van der Waals surface area contributed by atoms with Crippen molar-refractivity contribution in [3.8, 4) is 5.75 Å². The van der Waals surface area contributed by atoms with Crippen LogP contribution in [0.5, 0.6) is 5.75 Å². The lowest BCUT2D eigenvalue weighted by atomic mass is 9.98. The minimum absolute atomic E-state index is 0.122. The summed E-state index contributed by atoms with van der Waals surface area (Å²) in [5, 5.41) is 0. The summed E-state index contributed by atoms with van der Waals surface area (Å²) in [6, 6.07) is 6.03. The van der Waals surface area contributed by atoms with Gasteiger partial charge in [0, 0.05) is 5.56 Å². The van der Waals surface area contributed by atoms with Crippen LogP contribution in [0.15, 0.2) is 30.9 Å². The molecule has 0 saturated heterocycles. The van der Waals surface area contributed by atoms with Crippen LogP contribution in [0.3, 0.4) is 0 Å². The van der Waals surface area contributed by atoms with Crippen molar-refractivity contribution in [3.63, 3.8) is 0 Å². The van der Waals surface area contributed by atoms with Gasteiger partial charge < -0.3 is 10.5 Å². The van der Waals surface area contributed by atoms with Crippen molar-refractivity contribution in [1.82, 2.24) is 0 Å². The lowest BCUT2D eigenvalue weighted by molar-refractivity contribution is 0.284. The number of aryl methyl sites for hydroxylation is 1. The van der Waals surface area contributed by atoms with Gasteiger partial charge in [-0.3, -0.25) is 0 Å². The molecule has 2 nitrogen and oxygen atoms in total. The zero-order valence-corrected chi connectivity index (χ0v) is 8.20. The number of nitrogens with two attached hydrogens (primary N) is 1. The monoisotopic (exact) mass is 189 g/mol. The van der Waals surface area contributed by atoms with Gasteiger partial charge in [0.15, 0.2) is 0 Å². The molecule has 0 aliphatic carbocycles. The predicted molar refractivity (Wildman–Crippen MR) is 57.4 cm³/mol. The van der Waals surface area contributed by atoms with Crippen molar-refractivity contribution in [2.24, 2.45) is 5.73 Å². The maximum Gasteiger partial charge on any atom is 0.127 e. The summed E-state index contributed by atoms with van der Waals surface area (Å²) < 4.78 is 5.65. The molecule has 0 saturated carbocycles. The van der Waals surface area contributed by atoms with Crippen LogP contribution in [0.1, 0.15) is 23.6 Å². The molecule has 0 aromatic heterocycles. The van der Waals surface area contributed by atoms with Gasteiger partial charge in [-0.25, -0.2) is 0 Å². The topological polar surface area (TPSA) is 35.2 Å². The van der Waals surface area contributed by atoms with E-state index in [1.54, 1.807) is 6.08 Å². The van der Waals surface area contributed by atoms with Crippen LogP contribution in [0.25, 0.3) is 0 Å². The zero-order chi connectivity index (χ0) is 9.97. The highest BCUT2D eigenvalue weighted by atomic mass is 16.5. The molecule has 14 heavy (non-hydrogen) atoms. The van der Waals surface area contributed by atoms with Crippen LogP contribution in [0.4, 0.5) is 0 Å². The Bertz CT molecular complexity index is 346. The van der Waals surface area contributed by atoms with Gasteiger partial charge in [-0.2, -0.15) is 0 Å². The molecule has 0 spiro atoms. The summed E-state index contributed by atoms with van der Waals surface area (Å²) in [5.41, 5.74) is 8.24. The molecule has 2 N–H and O–H groups in total. The summed E-state index contributed by atoms with van der Waals surface area (Å²) in [5.74, 6) is 0.978. The van der Waals surface area contributed by atoms with Crippen LogP contribution in [-0.2, 0) is 6.42 Å². The Labute approximate surface area is 84.4 Å². The number of hydrogen-bond donors (Lipinski definition) is 1. The Kier molecular flexibility index (Phi) is 2.55. The highest BCUT2D eigenvalue weighted by Gasteiger charge is 2.16. The fourth-order valence-corrected chi connectivity index (χ4v) is 1.80. The smallest absolute Gasteiger partial charge is 0.127 e. The van der Waals surface area contributed by atoms with Crippen molar-refractivity contribution in [1.29, 1.82) is 0 Å². The second-order valence-corrected chi connectivity index (χ2v) is 3.55. The van der Waals surface area contributed by atoms with Crippen molar-refractivity contribution in [2.45, 2.75) is 18.9 Å². The molecule has 0 radical (unpaired) electrons. The third-order valence-corrected chi connectivity index (χ3v) is 2.58. The van der Waals surface area contributed by atoms with E-state index < -0.39 is 0 Å². The number of fused-ring (bicyclic) bond motifs is 1. The molecule has 1 aliphatic rings. The Morgan fingerprint density at radius 2 is 2.36 bits per heavy atom. The molecule has 2 rings (SSSR count). The van der Waals surface area contributed by atoms with Gasteiger partial charge in [-0.15, -0.1) is 6.58 Å². The van der Waals surface area contributed by atoms with E-state index in [-0.39, 0.29) is 6.04 Å². The van der Waals surface area contributed by atoms with E-state index >= 15 is 0 Å². The van der Waals surface area contributed by atoms with Gasteiger partial charge in [0.1, 0.15) is 5.75 Å². The molecule has 0 amide bonds. The van der Waals surface area contributed by atoms with Gasteiger partial charge >= 0.3 is 0 Å². The average Bonchev–Trinajstić information content (AvgIpc) is 2.27. The first-order valence-corrected chi connectivity index (χ1v) is 4.95. The van der Waals surface area contributed by atoms with E-state index in [0.29, 0.717) is 0 Å². The Hall–Kier alpha value is -1.28. The van der Waals surface area contributed by atoms with Gasteiger partial charge in [-0.1, -0.05) is 24.3 Å². The van der Waals surface area contributed by atoms with Gasteiger partial charge in [0.05, 0.1) is 12.6 Å². The second kappa shape index (κ2) is 3.84. The summed E-state index contributed by atoms with van der Waals surface area (Å²) in [6.07, 6.45) is 3.93. The second-order valence-electron chi connectivity index (χ2n) is 3.55. The Balaban J connectivity index is 2.44. The third kappa shape index (κ3) is 1.53. The lowest BCUT2D eigenvalue weighted by Gasteiger charge is -2.21. The van der Waals surface area contributed by atoms with Crippen molar-refractivity contribution < 1.29 is 4.74 Å². The van der Waals surface area contributed by atoms with E-state index in [0.717, 1.165) is 30.8 Å². The van der Waals surface area contributed by atoms with Gasteiger partial charge in [-0.05, 0) is 18.4 Å². The fraction of sp³-hybridized carbons (Fsp3) is 0.333. The van der Waals surface area contributed by atoms with Gasteiger partial charge in [0.25, 0.3) is 0 Å². The number of ether oxygens (including phenoxy) is 1. The van der Waals surface area contributed by atoms with E-state index in [2.05, 4.69) is 12.6 Å². The number of rotatable bonds is 2. The molecule has 0 bridgehead atoms. The van der Waals surface area contributed by atoms with Crippen molar-refractivity contribution in [3.05, 3.63) is 42.0 Å². The zero-order valence-electron chi connectivity index (χ0n) is 8.20. The first kappa shape index (κ1) is 9.28. The molecule has 1 aromatic carbocycles. The van der Waals surface area contributed by atoms with Crippen LogP contribution < -0.4 is 10.5 Å². The first-order valence-electron chi connectivity index (χ1n) is 4.95. The molecular formula is C12H15NO. The van der Waals surface area contributed by atoms with Crippen LogP contribution in [0, 0.1) is 0 Å². The lowest BCUT2D eigenvalue weighted by Crippen LogP contribution is -2.14. The van der Waals surface area contributed by atoms with E-state index in [4.69, 9.17) is 10.5 Å². The first-order chi connectivity index (χ1) is 6.83. The number of para-hydroxylation sites is 1. The molecular weight excluding hydrogens is 174 g/mol. The fourth-order valence-electron chi connectivity index (χ4n) is 1.80. The van der Waals surface area contributed by atoms with E-state index in [1.165, 1.54) is 5.56 Å². The predicted octanol–water partition coefficient (Wildman–Crippen LogP) is 2.20. The normalized spacial score (nSPS) is 16.6. The molecule has 1 heterocycles. The number of benzene rings is 1. The van der Waals surface area contributed by atoms with E-state index in [1.807, 2.05) is 12.1 Å². The maximum absolute atomic E-state index is 5.92. The maximum atomic E-state index is 5.92.